The average molecular weight is 408 g/mol. The number of carboxylic acid groups (broad SMARTS) is 1. The molecule has 3 N–H and O–H groups in total. The van der Waals surface area contributed by atoms with E-state index in [1.165, 1.54) is 36.2 Å². The molecule has 3 heterocycles. The lowest BCUT2D eigenvalue weighted by Crippen LogP contribution is -2.70. The topological polar surface area (TPSA) is 128 Å². The molecule has 2 aliphatic rings. The largest absolute Gasteiger partial charge is 0.477 e. The first kappa shape index (κ1) is 19.1. The first-order chi connectivity index (χ1) is 12.9. The standard InChI is InChI=1S/C16H16N4O5S2/c1-8(21)19-17-6-9-7-27-15-12(14(23)20(15)13(9)16(24)25)18-11(22)5-10-3-2-4-26-10/h2-4,6,12,15H,5,7H2,1H3,(H,18,22)(H,19,21)(H,24,25)/b17-6+/t12?,15-/m1/s1. The third-order valence-corrected chi connectivity index (χ3v) is 6.05. The summed E-state index contributed by atoms with van der Waals surface area (Å²) in [5.41, 5.74) is 2.33. The van der Waals surface area contributed by atoms with Gasteiger partial charge >= 0.3 is 5.97 Å². The van der Waals surface area contributed by atoms with Crippen molar-refractivity contribution in [1.29, 1.82) is 0 Å². The number of carboxylic acids is 1. The molecule has 142 valence electrons. The zero-order valence-corrected chi connectivity index (χ0v) is 15.8. The molecule has 2 aliphatic heterocycles. The maximum absolute atomic E-state index is 12.5. The molecule has 27 heavy (non-hydrogen) atoms. The van der Waals surface area contributed by atoms with E-state index in [4.69, 9.17) is 0 Å². The van der Waals surface area contributed by atoms with Crippen molar-refractivity contribution in [3.63, 3.8) is 0 Å². The Hall–Kier alpha value is -2.66. The molecule has 0 radical (unpaired) electrons. The molecule has 1 unspecified atom stereocenters. The number of nitrogens with zero attached hydrogens (tertiary/aromatic N) is 2. The molecule has 2 atom stereocenters. The molecule has 0 spiro atoms. The van der Waals surface area contributed by atoms with E-state index in [0.29, 0.717) is 5.57 Å². The van der Waals surface area contributed by atoms with Gasteiger partial charge in [0.15, 0.2) is 0 Å². The first-order valence-corrected chi connectivity index (χ1v) is 9.84. The van der Waals surface area contributed by atoms with Gasteiger partial charge in [0.25, 0.3) is 5.91 Å². The molecule has 3 rings (SSSR count). The number of hydrazone groups is 1. The summed E-state index contributed by atoms with van der Waals surface area (Å²) in [6.45, 7) is 1.28. The molecule has 11 heteroatoms. The number of fused-ring (bicyclic) bond motifs is 1. The van der Waals surface area contributed by atoms with Gasteiger partial charge in [-0.15, -0.1) is 23.1 Å². The minimum absolute atomic E-state index is 0.176. The zero-order valence-electron chi connectivity index (χ0n) is 14.2. The lowest BCUT2D eigenvalue weighted by molar-refractivity contribution is -0.150. The Morgan fingerprint density at radius 1 is 1.44 bits per heavy atom. The summed E-state index contributed by atoms with van der Waals surface area (Å²) in [6, 6.07) is 2.92. The predicted molar refractivity (Wildman–Crippen MR) is 100 cm³/mol. The normalized spacial score (nSPS) is 21.7. The van der Waals surface area contributed by atoms with Crippen molar-refractivity contribution < 1.29 is 24.3 Å². The molecule has 0 saturated carbocycles. The number of thiophene rings is 1. The number of thioether (sulfide) groups is 1. The predicted octanol–water partition coefficient (Wildman–Crippen LogP) is 0.151. The Kier molecular flexibility index (Phi) is 5.61. The second-order valence-electron chi connectivity index (χ2n) is 5.82. The number of amides is 3. The second-order valence-corrected chi connectivity index (χ2v) is 7.95. The number of hydrogen-bond acceptors (Lipinski definition) is 7. The lowest BCUT2D eigenvalue weighted by Gasteiger charge is -2.49. The van der Waals surface area contributed by atoms with Crippen molar-refractivity contribution in [2.45, 2.75) is 24.8 Å². The molecule has 1 aromatic rings. The van der Waals surface area contributed by atoms with Crippen molar-refractivity contribution in [3.05, 3.63) is 33.7 Å². The van der Waals surface area contributed by atoms with Crippen LogP contribution in [0.2, 0.25) is 0 Å². The summed E-state index contributed by atoms with van der Waals surface area (Å²) >= 11 is 2.78. The molecule has 0 aliphatic carbocycles. The Balaban J connectivity index is 1.71. The van der Waals surface area contributed by atoms with Crippen molar-refractivity contribution in [1.82, 2.24) is 15.6 Å². The fourth-order valence-electron chi connectivity index (χ4n) is 2.74. The van der Waals surface area contributed by atoms with Crippen LogP contribution in [0, 0.1) is 0 Å². The highest BCUT2D eigenvalue weighted by Gasteiger charge is 2.54. The van der Waals surface area contributed by atoms with Crippen LogP contribution in [0.5, 0.6) is 0 Å². The number of hydrogen-bond donors (Lipinski definition) is 3. The Bertz CT molecular complexity index is 849. The number of nitrogens with one attached hydrogen (secondary N) is 2. The second kappa shape index (κ2) is 7.92. The van der Waals surface area contributed by atoms with Crippen LogP contribution in [-0.4, -0.2) is 57.1 Å². The summed E-state index contributed by atoms with van der Waals surface area (Å²) in [7, 11) is 0. The SMILES string of the molecule is CC(=O)N/N=C/C1=C(C(=O)O)N2C(=O)C(NC(=O)Cc3cccs3)[C@H]2SC1. The van der Waals surface area contributed by atoms with E-state index in [1.54, 1.807) is 0 Å². The Morgan fingerprint density at radius 3 is 2.85 bits per heavy atom. The molecule has 1 aromatic heterocycles. The van der Waals surface area contributed by atoms with Crippen molar-refractivity contribution in [2.24, 2.45) is 5.10 Å². The number of carbonyl (C=O) groups excluding carboxylic acids is 3. The Labute approximate surface area is 162 Å². The van der Waals surface area contributed by atoms with Crippen LogP contribution in [0.25, 0.3) is 0 Å². The van der Waals surface area contributed by atoms with Gasteiger partial charge in [-0.2, -0.15) is 5.10 Å². The smallest absolute Gasteiger partial charge is 0.353 e. The molecular formula is C16H16N4O5S2. The van der Waals surface area contributed by atoms with Crippen LogP contribution in [0.3, 0.4) is 0 Å². The van der Waals surface area contributed by atoms with Gasteiger partial charge in [0.05, 0.1) is 12.6 Å². The van der Waals surface area contributed by atoms with Gasteiger partial charge < -0.3 is 10.4 Å². The van der Waals surface area contributed by atoms with Gasteiger partial charge in [0, 0.05) is 23.1 Å². The van der Waals surface area contributed by atoms with Crippen molar-refractivity contribution in [2.75, 3.05) is 5.75 Å². The van der Waals surface area contributed by atoms with Crippen molar-refractivity contribution >= 4 is 53.0 Å². The fraction of sp³-hybridized carbons (Fsp3) is 0.312. The van der Waals surface area contributed by atoms with Crippen LogP contribution < -0.4 is 10.7 Å². The van der Waals surface area contributed by atoms with E-state index in [-0.39, 0.29) is 23.8 Å². The third-order valence-electron chi connectivity index (χ3n) is 3.87. The maximum atomic E-state index is 12.5. The van der Waals surface area contributed by atoms with Crippen molar-refractivity contribution in [3.8, 4) is 0 Å². The van der Waals surface area contributed by atoms with Crippen LogP contribution in [0.15, 0.2) is 33.9 Å². The quantitative estimate of drug-likeness (QED) is 0.349. The summed E-state index contributed by atoms with van der Waals surface area (Å²) in [5.74, 6) is -2.12. The van der Waals surface area contributed by atoms with Gasteiger partial charge in [-0.25, -0.2) is 10.2 Å². The lowest BCUT2D eigenvalue weighted by atomic mass is 10.0. The van der Waals surface area contributed by atoms with E-state index in [2.05, 4.69) is 15.8 Å². The van der Waals surface area contributed by atoms with Gasteiger partial charge in [-0.05, 0) is 11.4 Å². The summed E-state index contributed by atoms with van der Waals surface area (Å²) in [6.07, 6.45) is 1.40. The van der Waals surface area contributed by atoms with Crippen LogP contribution >= 0.6 is 23.1 Å². The zero-order chi connectivity index (χ0) is 19.6. The maximum Gasteiger partial charge on any atom is 0.353 e. The van der Waals surface area contributed by atoms with Crippen LogP contribution in [0.1, 0.15) is 11.8 Å². The fourth-order valence-corrected chi connectivity index (χ4v) is 4.74. The summed E-state index contributed by atoms with van der Waals surface area (Å²) in [4.78, 5) is 49.2. The van der Waals surface area contributed by atoms with E-state index in [1.807, 2.05) is 17.5 Å². The number of β-lactam (4-membered cyclic amide) rings is 1. The monoisotopic (exact) mass is 408 g/mol. The average Bonchev–Trinajstić information content (AvgIpc) is 3.11. The first-order valence-electron chi connectivity index (χ1n) is 7.91. The molecule has 9 nitrogen and oxygen atoms in total. The number of carbonyl (C=O) groups is 4. The minimum Gasteiger partial charge on any atom is -0.477 e. The highest BCUT2D eigenvalue weighted by molar-refractivity contribution is 8.00. The molecule has 1 fully saturated rings. The Morgan fingerprint density at radius 2 is 2.22 bits per heavy atom. The van der Waals surface area contributed by atoms with Gasteiger partial charge in [-0.1, -0.05) is 6.07 Å². The van der Waals surface area contributed by atoms with Gasteiger partial charge in [0.2, 0.25) is 11.8 Å². The molecule has 0 aromatic carbocycles. The molecule has 1 saturated heterocycles. The van der Waals surface area contributed by atoms with E-state index in [0.717, 1.165) is 9.78 Å². The molecule has 0 bridgehead atoms. The van der Waals surface area contributed by atoms with Gasteiger partial charge in [-0.3, -0.25) is 19.3 Å². The number of aliphatic carboxylic acids is 1. The number of rotatable bonds is 6. The molecule has 3 amide bonds. The highest BCUT2D eigenvalue weighted by atomic mass is 32.2. The molecular weight excluding hydrogens is 392 g/mol. The van der Waals surface area contributed by atoms with Crippen LogP contribution in [0.4, 0.5) is 0 Å². The summed E-state index contributed by atoms with van der Waals surface area (Å²) < 4.78 is 0. The van der Waals surface area contributed by atoms with Gasteiger partial charge in [0.1, 0.15) is 17.1 Å². The van der Waals surface area contributed by atoms with Crippen LogP contribution in [-0.2, 0) is 25.6 Å². The van der Waals surface area contributed by atoms with E-state index in [9.17, 15) is 24.3 Å². The highest BCUT2D eigenvalue weighted by Crippen LogP contribution is 2.39. The third kappa shape index (κ3) is 4.03. The minimum atomic E-state index is -1.26. The van der Waals surface area contributed by atoms with E-state index < -0.39 is 29.2 Å². The summed E-state index contributed by atoms with van der Waals surface area (Å²) in [5, 5.41) is 17.3. The van der Waals surface area contributed by atoms with E-state index >= 15 is 0 Å².